The second kappa shape index (κ2) is 10.1. The van der Waals surface area contributed by atoms with Crippen molar-refractivity contribution in [2.45, 2.75) is 38.0 Å². The zero-order valence-corrected chi connectivity index (χ0v) is 19.9. The van der Waals surface area contributed by atoms with Crippen LogP contribution in [0.3, 0.4) is 0 Å². The molecular formula is C22H24BrClN4OS. The summed E-state index contributed by atoms with van der Waals surface area (Å²) >= 11 is 11.2. The van der Waals surface area contributed by atoms with Gasteiger partial charge in [-0.2, -0.15) is 0 Å². The van der Waals surface area contributed by atoms with Gasteiger partial charge in [-0.1, -0.05) is 52.5 Å². The topological polar surface area (TPSA) is 52.0 Å². The van der Waals surface area contributed by atoms with Crippen LogP contribution in [0.4, 0.5) is 5.95 Å². The molecular weight excluding hydrogens is 484 g/mol. The number of methoxy groups -OCH3 is 1. The molecule has 30 heavy (non-hydrogen) atoms. The standard InChI is InChI=1S/C22H24BrClN4OS/c1-29-20-11-8-17(23)14-19(20)28-21(16-4-2-3-5-16)25-26-22(28)27-30-13-12-15-6-9-18(24)10-7-15/h6-11,14,16H,2-5,12-13H2,1H3,(H,26,27). The van der Waals surface area contributed by atoms with E-state index in [1.165, 1.54) is 18.4 Å². The number of nitrogens with one attached hydrogen (secondary N) is 1. The van der Waals surface area contributed by atoms with Crippen molar-refractivity contribution in [1.82, 2.24) is 14.8 Å². The molecule has 1 fully saturated rings. The number of hydrogen-bond acceptors (Lipinski definition) is 5. The number of halogens is 2. The summed E-state index contributed by atoms with van der Waals surface area (Å²) in [6, 6.07) is 14.0. The SMILES string of the molecule is COc1ccc(Br)cc1-n1c(NSCCc2ccc(Cl)cc2)nnc1C1CCCC1. The summed E-state index contributed by atoms with van der Waals surface area (Å²) in [5.74, 6) is 3.87. The Balaban J connectivity index is 1.55. The average molecular weight is 508 g/mol. The number of ether oxygens (including phenoxy) is 1. The highest BCUT2D eigenvalue weighted by atomic mass is 79.9. The van der Waals surface area contributed by atoms with E-state index < -0.39 is 0 Å². The van der Waals surface area contributed by atoms with Crippen LogP contribution in [0.2, 0.25) is 5.02 Å². The van der Waals surface area contributed by atoms with Crippen LogP contribution in [0.5, 0.6) is 5.75 Å². The number of aromatic nitrogens is 3. The van der Waals surface area contributed by atoms with Crippen molar-refractivity contribution in [2.24, 2.45) is 0 Å². The maximum atomic E-state index is 5.97. The van der Waals surface area contributed by atoms with E-state index in [4.69, 9.17) is 16.3 Å². The predicted molar refractivity (Wildman–Crippen MR) is 128 cm³/mol. The minimum atomic E-state index is 0.427. The first-order valence-electron chi connectivity index (χ1n) is 10.1. The smallest absolute Gasteiger partial charge is 0.239 e. The summed E-state index contributed by atoms with van der Waals surface area (Å²) in [7, 11) is 1.69. The van der Waals surface area contributed by atoms with Crippen LogP contribution < -0.4 is 9.46 Å². The fourth-order valence-corrected chi connectivity index (χ4v) is 5.00. The van der Waals surface area contributed by atoms with Gasteiger partial charge in [-0.05, 0) is 67.1 Å². The zero-order valence-electron chi connectivity index (χ0n) is 16.8. The molecule has 0 atom stereocenters. The lowest BCUT2D eigenvalue weighted by atomic mass is 10.1. The van der Waals surface area contributed by atoms with Crippen molar-refractivity contribution in [1.29, 1.82) is 0 Å². The van der Waals surface area contributed by atoms with Crippen LogP contribution in [-0.2, 0) is 6.42 Å². The third-order valence-electron chi connectivity index (χ3n) is 5.36. The van der Waals surface area contributed by atoms with Gasteiger partial charge in [0.25, 0.3) is 0 Å². The molecule has 0 bridgehead atoms. The second-order valence-corrected chi connectivity index (χ2v) is 9.59. The van der Waals surface area contributed by atoms with Crippen LogP contribution in [0.25, 0.3) is 5.69 Å². The molecule has 2 aromatic carbocycles. The molecule has 8 heteroatoms. The number of benzene rings is 2. The highest BCUT2D eigenvalue weighted by Crippen LogP contribution is 2.38. The van der Waals surface area contributed by atoms with E-state index in [0.29, 0.717) is 5.92 Å². The lowest BCUT2D eigenvalue weighted by Gasteiger charge is -2.17. The maximum Gasteiger partial charge on any atom is 0.239 e. The van der Waals surface area contributed by atoms with Gasteiger partial charge >= 0.3 is 0 Å². The summed E-state index contributed by atoms with van der Waals surface area (Å²) in [6.07, 6.45) is 5.73. The molecule has 5 nitrogen and oxygen atoms in total. The van der Waals surface area contributed by atoms with Crippen molar-refractivity contribution < 1.29 is 4.74 Å². The number of hydrogen-bond donors (Lipinski definition) is 1. The highest BCUT2D eigenvalue weighted by molar-refractivity contribution is 9.10. The minimum Gasteiger partial charge on any atom is -0.495 e. The molecule has 3 aromatic rings. The van der Waals surface area contributed by atoms with Crippen LogP contribution in [0.15, 0.2) is 46.9 Å². The molecule has 1 heterocycles. The van der Waals surface area contributed by atoms with Gasteiger partial charge in [0, 0.05) is 21.2 Å². The molecule has 0 amide bonds. The van der Waals surface area contributed by atoms with Crippen LogP contribution in [0.1, 0.15) is 43.0 Å². The summed E-state index contributed by atoms with van der Waals surface area (Å²) in [4.78, 5) is 0. The second-order valence-electron chi connectivity index (χ2n) is 7.34. The van der Waals surface area contributed by atoms with E-state index in [1.807, 2.05) is 24.3 Å². The molecule has 1 aliphatic rings. The number of nitrogens with zero attached hydrogens (tertiary/aromatic N) is 3. The molecule has 1 aliphatic carbocycles. The van der Waals surface area contributed by atoms with Crippen molar-refractivity contribution in [3.8, 4) is 11.4 Å². The van der Waals surface area contributed by atoms with Gasteiger partial charge in [0.05, 0.1) is 12.8 Å². The third-order valence-corrected chi connectivity index (χ3v) is 6.84. The quantitative estimate of drug-likeness (QED) is 0.273. The summed E-state index contributed by atoms with van der Waals surface area (Å²) in [5.41, 5.74) is 2.20. The van der Waals surface area contributed by atoms with Gasteiger partial charge in [-0.25, -0.2) is 0 Å². The highest BCUT2D eigenvalue weighted by Gasteiger charge is 2.26. The molecule has 0 aliphatic heterocycles. The minimum absolute atomic E-state index is 0.427. The van der Waals surface area contributed by atoms with Gasteiger partial charge in [0.1, 0.15) is 11.6 Å². The van der Waals surface area contributed by atoms with Gasteiger partial charge in [-0.3, -0.25) is 9.29 Å². The molecule has 1 aromatic heterocycles. The molecule has 0 radical (unpaired) electrons. The molecule has 0 spiro atoms. The molecule has 0 unspecified atom stereocenters. The van der Waals surface area contributed by atoms with Crippen molar-refractivity contribution in [3.63, 3.8) is 0 Å². The molecule has 0 saturated heterocycles. The summed E-state index contributed by atoms with van der Waals surface area (Å²) in [5, 5.41) is 9.83. The monoisotopic (exact) mass is 506 g/mol. The molecule has 1 N–H and O–H groups in total. The lowest BCUT2D eigenvalue weighted by Crippen LogP contribution is -2.09. The van der Waals surface area contributed by atoms with Gasteiger partial charge in [-0.15, -0.1) is 10.2 Å². The van der Waals surface area contributed by atoms with Crippen molar-refractivity contribution in [2.75, 3.05) is 17.6 Å². The Morgan fingerprint density at radius 2 is 1.93 bits per heavy atom. The van der Waals surface area contributed by atoms with Gasteiger partial charge in [0.15, 0.2) is 0 Å². The summed E-state index contributed by atoms with van der Waals surface area (Å²) in [6.45, 7) is 0. The van der Waals surface area contributed by atoms with Gasteiger partial charge < -0.3 is 4.74 Å². The Kier molecular flexibility index (Phi) is 7.23. The Labute approximate surface area is 194 Å². The van der Waals surface area contributed by atoms with Crippen molar-refractivity contribution >= 4 is 45.4 Å². The van der Waals surface area contributed by atoms with Crippen molar-refractivity contribution in [3.05, 3.63) is 63.3 Å². The first-order chi connectivity index (χ1) is 14.7. The summed E-state index contributed by atoms with van der Waals surface area (Å²) < 4.78 is 12.2. The van der Waals surface area contributed by atoms with Gasteiger partial charge in [0.2, 0.25) is 5.95 Å². The first-order valence-corrected chi connectivity index (χ1v) is 12.2. The number of anilines is 1. The third kappa shape index (κ3) is 4.95. The largest absolute Gasteiger partial charge is 0.495 e. The lowest BCUT2D eigenvalue weighted by molar-refractivity contribution is 0.412. The zero-order chi connectivity index (χ0) is 20.9. The molecule has 158 valence electrons. The maximum absolute atomic E-state index is 5.97. The van der Waals surface area contributed by atoms with E-state index in [-0.39, 0.29) is 0 Å². The van der Waals surface area contributed by atoms with E-state index in [2.05, 4.69) is 53.6 Å². The molecule has 1 saturated carbocycles. The van der Waals surface area contributed by atoms with E-state index in [0.717, 1.165) is 57.7 Å². The predicted octanol–water partition coefficient (Wildman–Crippen LogP) is 6.65. The fourth-order valence-electron chi connectivity index (χ4n) is 3.82. The Bertz CT molecular complexity index is 989. The van der Waals surface area contributed by atoms with E-state index in [1.54, 1.807) is 19.1 Å². The van der Waals surface area contributed by atoms with E-state index in [9.17, 15) is 0 Å². The normalized spacial score (nSPS) is 14.2. The van der Waals surface area contributed by atoms with Crippen LogP contribution in [-0.4, -0.2) is 27.6 Å². The Morgan fingerprint density at radius 1 is 1.17 bits per heavy atom. The van der Waals surface area contributed by atoms with E-state index >= 15 is 0 Å². The Morgan fingerprint density at radius 3 is 2.67 bits per heavy atom. The number of rotatable bonds is 8. The number of aryl methyl sites for hydroxylation is 1. The van der Waals surface area contributed by atoms with Crippen LogP contribution >= 0.6 is 39.5 Å². The van der Waals surface area contributed by atoms with Crippen LogP contribution in [0, 0.1) is 0 Å². The average Bonchev–Trinajstić information content (AvgIpc) is 3.42. The molecule has 4 rings (SSSR count). The first kappa shape index (κ1) is 21.5. The fraction of sp³-hybridized carbons (Fsp3) is 0.364. The Hall–Kier alpha value is -1.70.